The highest BCUT2D eigenvalue weighted by Gasteiger charge is 2.18. The van der Waals surface area contributed by atoms with E-state index in [1.807, 2.05) is 36.4 Å². The largest absolute Gasteiger partial charge is 0.338 e. The van der Waals surface area contributed by atoms with Gasteiger partial charge >= 0.3 is 0 Å². The molecule has 0 atom stereocenters. The molecule has 154 valence electrons. The lowest BCUT2D eigenvalue weighted by Crippen LogP contribution is -2.32. The predicted molar refractivity (Wildman–Crippen MR) is 112 cm³/mol. The Balaban J connectivity index is 1.34. The van der Waals surface area contributed by atoms with Gasteiger partial charge in [-0.2, -0.15) is 10.1 Å². The van der Waals surface area contributed by atoms with Gasteiger partial charge in [-0.25, -0.2) is 4.52 Å². The van der Waals surface area contributed by atoms with Gasteiger partial charge in [-0.05, 0) is 37.9 Å². The summed E-state index contributed by atoms with van der Waals surface area (Å²) in [5.41, 5.74) is 2.12. The number of aromatic nitrogens is 5. The third kappa shape index (κ3) is 3.78. The van der Waals surface area contributed by atoms with Crippen molar-refractivity contribution in [2.75, 3.05) is 13.1 Å². The Kier molecular flexibility index (Phi) is 4.92. The number of likely N-dealkylation sites (tertiary alicyclic amines) is 1. The molecule has 0 amide bonds. The Morgan fingerprint density at radius 3 is 2.70 bits per heavy atom. The summed E-state index contributed by atoms with van der Waals surface area (Å²) in [4.78, 5) is 19.8. The number of nitrogens with zero attached hydrogens (tertiary/aromatic N) is 6. The molecule has 4 heterocycles. The maximum atomic E-state index is 12.9. The van der Waals surface area contributed by atoms with Crippen LogP contribution in [0.4, 0.5) is 0 Å². The van der Waals surface area contributed by atoms with Crippen LogP contribution in [0.1, 0.15) is 31.5 Å². The smallest absolute Gasteiger partial charge is 0.277 e. The number of hydrogen-bond acceptors (Lipinski definition) is 6. The van der Waals surface area contributed by atoms with Gasteiger partial charge in [0.05, 0.1) is 18.8 Å². The van der Waals surface area contributed by atoms with Crippen LogP contribution in [0.15, 0.2) is 58.1 Å². The molecule has 4 aromatic rings. The third-order valence-corrected chi connectivity index (χ3v) is 5.73. The van der Waals surface area contributed by atoms with Gasteiger partial charge in [-0.15, -0.1) is 0 Å². The molecule has 8 nitrogen and oxygen atoms in total. The van der Waals surface area contributed by atoms with Gasteiger partial charge in [0.15, 0.2) is 5.82 Å². The molecule has 8 heteroatoms. The number of fused-ring (bicyclic) bond motifs is 1. The third-order valence-electron chi connectivity index (χ3n) is 5.73. The summed E-state index contributed by atoms with van der Waals surface area (Å²) in [6.45, 7) is 5.33. The SMILES string of the molecule is CC1CCN(Cc2nc(Cn3ccn4nc(-c5ccccc5)cc4c3=O)no2)CC1. The Labute approximate surface area is 173 Å². The van der Waals surface area contributed by atoms with Crippen LogP contribution in [-0.2, 0) is 13.1 Å². The molecule has 0 radical (unpaired) electrons. The lowest BCUT2D eigenvalue weighted by molar-refractivity contribution is 0.165. The van der Waals surface area contributed by atoms with E-state index in [0.29, 0.717) is 23.8 Å². The first-order valence-corrected chi connectivity index (χ1v) is 10.3. The zero-order valence-corrected chi connectivity index (χ0v) is 16.9. The topological polar surface area (TPSA) is 81.5 Å². The Morgan fingerprint density at radius 2 is 1.90 bits per heavy atom. The first-order valence-electron chi connectivity index (χ1n) is 10.3. The van der Waals surface area contributed by atoms with E-state index in [9.17, 15) is 4.79 Å². The second kappa shape index (κ2) is 7.87. The van der Waals surface area contributed by atoms with Crippen molar-refractivity contribution in [3.05, 3.63) is 70.9 Å². The summed E-state index contributed by atoms with van der Waals surface area (Å²) in [6.07, 6.45) is 5.89. The zero-order chi connectivity index (χ0) is 20.5. The van der Waals surface area contributed by atoms with Crippen molar-refractivity contribution in [3.8, 4) is 11.3 Å². The van der Waals surface area contributed by atoms with E-state index in [2.05, 4.69) is 27.1 Å². The number of benzene rings is 1. The molecule has 3 aromatic heterocycles. The fraction of sp³-hybridized carbons (Fsp3) is 0.364. The van der Waals surface area contributed by atoms with Crippen LogP contribution >= 0.6 is 0 Å². The summed E-state index contributed by atoms with van der Waals surface area (Å²) in [5, 5.41) is 8.59. The molecule has 1 saturated heterocycles. The van der Waals surface area contributed by atoms with E-state index in [1.165, 1.54) is 12.8 Å². The molecule has 1 aliphatic rings. The zero-order valence-electron chi connectivity index (χ0n) is 16.9. The lowest BCUT2D eigenvalue weighted by Gasteiger charge is -2.28. The summed E-state index contributed by atoms with van der Waals surface area (Å²) < 4.78 is 8.62. The van der Waals surface area contributed by atoms with E-state index in [0.717, 1.165) is 30.3 Å². The molecule has 5 rings (SSSR count). The number of hydrogen-bond donors (Lipinski definition) is 0. The Hall–Kier alpha value is -3.26. The van der Waals surface area contributed by atoms with Gasteiger partial charge < -0.3 is 9.09 Å². The molecular weight excluding hydrogens is 380 g/mol. The van der Waals surface area contributed by atoms with Gasteiger partial charge in [0, 0.05) is 18.0 Å². The molecule has 1 fully saturated rings. The molecule has 0 saturated carbocycles. The maximum absolute atomic E-state index is 12.9. The number of piperidine rings is 1. The Morgan fingerprint density at radius 1 is 1.10 bits per heavy atom. The van der Waals surface area contributed by atoms with E-state index in [4.69, 9.17) is 4.52 Å². The lowest BCUT2D eigenvalue weighted by atomic mass is 9.99. The molecule has 0 unspecified atom stereocenters. The van der Waals surface area contributed by atoms with Crippen molar-refractivity contribution in [2.24, 2.45) is 5.92 Å². The fourth-order valence-electron chi connectivity index (χ4n) is 3.88. The molecule has 1 aliphatic heterocycles. The van der Waals surface area contributed by atoms with Gasteiger partial charge in [0.1, 0.15) is 5.52 Å². The van der Waals surface area contributed by atoms with Gasteiger partial charge in [-0.1, -0.05) is 42.4 Å². The number of rotatable bonds is 5. The van der Waals surface area contributed by atoms with Crippen LogP contribution in [0.3, 0.4) is 0 Å². The van der Waals surface area contributed by atoms with Crippen molar-refractivity contribution in [2.45, 2.75) is 32.9 Å². The monoisotopic (exact) mass is 404 g/mol. The summed E-state index contributed by atoms with van der Waals surface area (Å²) in [7, 11) is 0. The molecular formula is C22H24N6O2. The van der Waals surface area contributed by atoms with E-state index in [-0.39, 0.29) is 12.1 Å². The standard InChI is InChI=1S/C22H24N6O2/c1-16-7-9-26(10-8-16)15-21-23-20(25-30-21)14-27-11-12-28-19(22(27)29)13-18(24-28)17-5-3-2-4-6-17/h2-6,11-13,16H,7-10,14-15H2,1H3. The highest BCUT2D eigenvalue weighted by molar-refractivity contribution is 5.65. The normalized spacial score (nSPS) is 15.8. The molecule has 1 aromatic carbocycles. The highest BCUT2D eigenvalue weighted by atomic mass is 16.5. The van der Waals surface area contributed by atoms with Crippen molar-refractivity contribution >= 4 is 5.52 Å². The minimum absolute atomic E-state index is 0.136. The highest BCUT2D eigenvalue weighted by Crippen LogP contribution is 2.19. The Bertz CT molecular complexity index is 1200. The van der Waals surface area contributed by atoms with Gasteiger partial charge in [-0.3, -0.25) is 9.69 Å². The van der Waals surface area contributed by atoms with Crippen LogP contribution in [0, 0.1) is 5.92 Å². The maximum Gasteiger partial charge on any atom is 0.277 e. The van der Waals surface area contributed by atoms with E-state index < -0.39 is 0 Å². The van der Waals surface area contributed by atoms with E-state index >= 15 is 0 Å². The summed E-state index contributed by atoms with van der Waals surface area (Å²) in [6, 6.07) is 11.6. The molecule has 0 bridgehead atoms. The average molecular weight is 404 g/mol. The second-order valence-corrected chi connectivity index (χ2v) is 8.02. The minimum atomic E-state index is -0.136. The molecule has 0 aliphatic carbocycles. The van der Waals surface area contributed by atoms with Crippen LogP contribution in [0.25, 0.3) is 16.8 Å². The summed E-state index contributed by atoms with van der Waals surface area (Å²) in [5.74, 6) is 1.89. The van der Waals surface area contributed by atoms with Crippen molar-refractivity contribution in [3.63, 3.8) is 0 Å². The quantitative estimate of drug-likeness (QED) is 0.509. The second-order valence-electron chi connectivity index (χ2n) is 8.02. The average Bonchev–Trinajstić information content (AvgIpc) is 3.40. The van der Waals surface area contributed by atoms with E-state index in [1.54, 1.807) is 21.5 Å². The van der Waals surface area contributed by atoms with Gasteiger partial charge in [0.25, 0.3) is 5.56 Å². The van der Waals surface area contributed by atoms with Crippen LogP contribution < -0.4 is 5.56 Å². The minimum Gasteiger partial charge on any atom is -0.338 e. The molecule has 0 spiro atoms. The molecule has 30 heavy (non-hydrogen) atoms. The summed E-state index contributed by atoms with van der Waals surface area (Å²) >= 11 is 0. The van der Waals surface area contributed by atoms with Crippen LogP contribution in [0.5, 0.6) is 0 Å². The van der Waals surface area contributed by atoms with Crippen LogP contribution in [-0.4, -0.2) is 42.3 Å². The fourth-order valence-corrected chi connectivity index (χ4v) is 3.88. The van der Waals surface area contributed by atoms with Crippen LogP contribution in [0.2, 0.25) is 0 Å². The predicted octanol–water partition coefficient (Wildman–Crippen LogP) is 2.83. The van der Waals surface area contributed by atoms with Gasteiger partial charge in [0.2, 0.25) is 5.89 Å². The van der Waals surface area contributed by atoms with Crippen molar-refractivity contribution < 1.29 is 4.52 Å². The molecule has 0 N–H and O–H groups in total. The van der Waals surface area contributed by atoms with Crippen molar-refractivity contribution in [1.82, 2.24) is 29.2 Å². The van der Waals surface area contributed by atoms with Crippen molar-refractivity contribution in [1.29, 1.82) is 0 Å². The first-order chi connectivity index (χ1) is 14.7. The first kappa shape index (κ1) is 18.7.